The molecule has 13 heteroatoms. The summed E-state index contributed by atoms with van der Waals surface area (Å²) in [4.78, 5) is 3.26. The Morgan fingerprint density at radius 2 is 1.46 bits per heavy atom. The zero-order chi connectivity index (χ0) is 26.8. The third kappa shape index (κ3) is 6.95. The number of hydrogen-bond donors (Lipinski definition) is 1. The van der Waals surface area contributed by atoms with Gasteiger partial charge in [-0.2, -0.15) is 34.8 Å². The average Bonchev–Trinajstić information content (AvgIpc) is 2.77. The molecule has 0 saturated carbocycles. The molecule has 0 radical (unpaired) electrons. The SMILES string of the molecule is CCC(C)(C)C(OO)c1ccc(C(C)=NOS(=O)(=O)c2cc(C(F)(F)F)cc(C(F)(F)F)c2)cc1. The number of halogens is 6. The first-order valence-electron chi connectivity index (χ1n) is 10.1. The van der Waals surface area contributed by atoms with E-state index in [4.69, 9.17) is 0 Å². The van der Waals surface area contributed by atoms with Crippen LogP contribution in [0.15, 0.2) is 52.5 Å². The molecule has 0 aromatic heterocycles. The summed E-state index contributed by atoms with van der Waals surface area (Å²) in [5.41, 5.74) is -3.11. The molecule has 0 fully saturated rings. The normalized spacial score (nSPS) is 14.7. The Kier molecular flexibility index (Phi) is 8.29. The van der Waals surface area contributed by atoms with E-state index in [2.05, 4.69) is 14.3 Å². The van der Waals surface area contributed by atoms with Gasteiger partial charge in [-0.25, -0.2) is 4.89 Å². The lowest BCUT2D eigenvalue weighted by molar-refractivity contribution is -0.305. The Morgan fingerprint density at radius 1 is 0.971 bits per heavy atom. The minimum absolute atomic E-state index is 0.0284. The molecule has 2 aromatic rings. The van der Waals surface area contributed by atoms with Crippen LogP contribution >= 0.6 is 0 Å². The van der Waals surface area contributed by atoms with Gasteiger partial charge in [-0.3, -0.25) is 9.54 Å². The minimum Gasteiger partial charge on any atom is -0.265 e. The molecule has 0 bridgehead atoms. The van der Waals surface area contributed by atoms with Crippen molar-refractivity contribution < 1.29 is 49.2 Å². The monoisotopic (exact) mass is 527 g/mol. The zero-order valence-corrected chi connectivity index (χ0v) is 19.8. The summed E-state index contributed by atoms with van der Waals surface area (Å²) >= 11 is 0. The first-order chi connectivity index (χ1) is 15.9. The molecule has 2 rings (SSSR count). The fraction of sp³-hybridized carbons (Fsp3) is 0.409. The molecule has 35 heavy (non-hydrogen) atoms. The highest BCUT2D eigenvalue weighted by Crippen LogP contribution is 2.39. The van der Waals surface area contributed by atoms with E-state index in [9.17, 15) is 40.0 Å². The molecule has 0 aliphatic carbocycles. The van der Waals surface area contributed by atoms with Crippen LogP contribution in [0.5, 0.6) is 0 Å². The first-order valence-corrected chi connectivity index (χ1v) is 11.5. The van der Waals surface area contributed by atoms with Crippen molar-refractivity contribution in [1.82, 2.24) is 0 Å². The quantitative estimate of drug-likeness (QED) is 0.176. The Morgan fingerprint density at radius 3 is 1.86 bits per heavy atom. The molecule has 1 N–H and O–H groups in total. The highest BCUT2D eigenvalue weighted by Gasteiger charge is 2.38. The number of nitrogens with zero attached hydrogens (tertiary/aromatic N) is 1. The summed E-state index contributed by atoms with van der Waals surface area (Å²) in [5, 5.41) is 12.7. The lowest BCUT2D eigenvalue weighted by Gasteiger charge is -2.31. The zero-order valence-electron chi connectivity index (χ0n) is 19.0. The number of oxime groups is 1. The fourth-order valence-corrected chi connectivity index (χ4v) is 3.85. The van der Waals surface area contributed by atoms with Crippen LogP contribution in [-0.4, -0.2) is 19.4 Å². The van der Waals surface area contributed by atoms with Gasteiger partial charge in [-0.05, 0) is 48.1 Å². The summed E-state index contributed by atoms with van der Waals surface area (Å²) in [7, 11) is -5.12. The molecule has 0 aliphatic rings. The van der Waals surface area contributed by atoms with Crippen LogP contribution in [-0.2, 0) is 31.6 Å². The van der Waals surface area contributed by atoms with Gasteiger partial charge in [-0.1, -0.05) is 50.2 Å². The average molecular weight is 527 g/mol. The van der Waals surface area contributed by atoms with E-state index >= 15 is 0 Å². The summed E-state index contributed by atoms with van der Waals surface area (Å²) < 4.78 is 107. The molecule has 0 heterocycles. The lowest BCUT2D eigenvalue weighted by atomic mass is 9.80. The van der Waals surface area contributed by atoms with Crippen LogP contribution in [0.4, 0.5) is 26.3 Å². The summed E-state index contributed by atoms with van der Waals surface area (Å²) in [6.45, 7) is 7.00. The summed E-state index contributed by atoms with van der Waals surface area (Å²) in [6, 6.07) is 6.07. The fourth-order valence-electron chi connectivity index (χ4n) is 3.01. The summed E-state index contributed by atoms with van der Waals surface area (Å²) in [5.74, 6) is 0. The smallest absolute Gasteiger partial charge is 0.265 e. The van der Waals surface area contributed by atoms with Crippen LogP contribution in [0.2, 0.25) is 0 Å². The van der Waals surface area contributed by atoms with Gasteiger partial charge >= 0.3 is 22.5 Å². The Labute approximate surface area is 198 Å². The van der Waals surface area contributed by atoms with Crippen LogP contribution < -0.4 is 0 Å². The van der Waals surface area contributed by atoms with E-state index in [0.717, 1.165) is 0 Å². The van der Waals surface area contributed by atoms with Crippen molar-refractivity contribution >= 4 is 15.8 Å². The maximum absolute atomic E-state index is 13.0. The van der Waals surface area contributed by atoms with Gasteiger partial charge in [0.2, 0.25) is 0 Å². The summed E-state index contributed by atoms with van der Waals surface area (Å²) in [6.07, 6.45) is -10.4. The van der Waals surface area contributed by atoms with E-state index in [-0.39, 0.29) is 23.9 Å². The van der Waals surface area contributed by atoms with Crippen molar-refractivity contribution in [2.75, 3.05) is 0 Å². The maximum atomic E-state index is 13.0. The van der Waals surface area contributed by atoms with E-state index in [0.29, 0.717) is 17.5 Å². The minimum atomic E-state index is -5.23. The molecule has 0 saturated heterocycles. The second-order valence-corrected chi connectivity index (χ2v) is 9.93. The van der Waals surface area contributed by atoms with Gasteiger partial charge in [0.1, 0.15) is 11.0 Å². The van der Waals surface area contributed by atoms with E-state index in [1.165, 1.54) is 19.1 Å². The molecular weight excluding hydrogens is 504 g/mol. The number of alkyl halides is 6. The van der Waals surface area contributed by atoms with Gasteiger partial charge in [0.05, 0.1) is 16.8 Å². The van der Waals surface area contributed by atoms with Crippen molar-refractivity contribution in [3.05, 3.63) is 64.7 Å². The third-order valence-electron chi connectivity index (χ3n) is 5.48. The molecular formula is C22H23F6NO5S. The molecule has 1 unspecified atom stereocenters. The first kappa shape index (κ1) is 28.6. The number of benzene rings is 2. The van der Waals surface area contributed by atoms with Gasteiger partial charge in [0, 0.05) is 0 Å². The molecule has 1 atom stereocenters. The van der Waals surface area contributed by atoms with Gasteiger partial charge < -0.3 is 0 Å². The largest absolute Gasteiger partial charge is 0.416 e. The standard InChI is InChI=1S/C22H23F6NO5S/c1-5-20(3,4)19(33-30)15-8-6-14(7-9-15)13(2)29-34-35(31,32)18-11-16(21(23,24)25)10-17(12-18)22(26,27)28/h6-12,19,30H,5H2,1-4H3. The van der Waals surface area contributed by atoms with Crippen molar-refractivity contribution in [3.63, 3.8) is 0 Å². The second-order valence-electron chi connectivity index (χ2n) is 8.40. The molecule has 0 aliphatic heterocycles. The van der Waals surface area contributed by atoms with Crippen molar-refractivity contribution in [2.45, 2.75) is 57.5 Å². The second kappa shape index (κ2) is 10.2. The third-order valence-corrected chi connectivity index (χ3v) is 6.56. The predicted molar refractivity (Wildman–Crippen MR) is 114 cm³/mol. The van der Waals surface area contributed by atoms with E-state index in [1.807, 2.05) is 20.8 Å². The van der Waals surface area contributed by atoms with E-state index in [1.54, 1.807) is 12.1 Å². The maximum Gasteiger partial charge on any atom is 0.416 e. The molecule has 194 valence electrons. The molecule has 0 amide bonds. The Bertz CT molecular complexity index is 1140. The highest BCUT2D eigenvalue weighted by molar-refractivity contribution is 7.86. The number of hydrogen-bond acceptors (Lipinski definition) is 6. The highest BCUT2D eigenvalue weighted by atomic mass is 32.2. The van der Waals surface area contributed by atoms with Gasteiger partial charge in [0.15, 0.2) is 0 Å². The Hall–Kier alpha value is -2.64. The van der Waals surface area contributed by atoms with Gasteiger partial charge in [-0.15, -0.1) is 0 Å². The van der Waals surface area contributed by atoms with Gasteiger partial charge in [0.25, 0.3) is 0 Å². The van der Waals surface area contributed by atoms with Crippen molar-refractivity contribution in [3.8, 4) is 0 Å². The predicted octanol–water partition coefficient (Wildman–Crippen LogP) is 6.82. The molecule has 2 aromatic carbocycles. The van der Waals surface area contributed by atoms with Crippen molar-refractivity contribution in [2.24, 2.45) is 10.6 Å². The van der Waals surface area contributed by atoms with Crippen LogP contribution in [0.25, 0.3) is 0 Å². The Balaban J connectivity index is 2.35. The van der Waals surface area contributed by atoms with E-state index < -0.39 is 50.0 Å². The van der Waals surface area contributed by atoms with Crippen LogP contribution in [0.1, 0.15) is 62.5 Å². The van der Waals surface area contributed by atoms with Crippen LogP contribution in [0, 0.1) is 5.41 Å². The lowest BCUT2D eigenvalue weighted by Crippen LogP contribution is -2.23. The van der Waals surface area contributed by atoms with Crippen LogP contribution in [0.3, 0.4) is 0 Å². The molecule has 0 spiro atoms. The molecule has 6 nitrogen and oxygen atoms in total. The number of rotatable bonds is 8. The topological polar surface area (TPSA) is 85.2 Å². The van der Waals surface area contributed by atoms with Crippen molar-refractivity contribution in [1.29, 1.82) is 0 Å².